The quantitative estimate of drug-likeness (QED) is 0.719. The molecule has 0 aliphatic heterocycles. The molecule has 1 aromatic rings. The zero-order valence-corrected chi connectivity index (χ0v) is 12.0. The van der Waals surface area contributed by atoms with Gasteiger partial charge in [-0.25, -0.2) is 4.79 Å². The van der Waals surface area contributed by atoms with E-state index in [2.05, 4.69) is 20.8 Å². The van der Waals surface area contributed by atoms with Crippen LogP contribution in [0, 0.1) is 12.8 Å². The highest BCUT2D eigenvalue weighted by atomic mass is 16.5. The molecule has 1 heterocycles. The van der Waals surface area contributed by atoms with E-state index in [9.17, 15) is 14.7 Å². The van der Waals surface area contributed by atoms with E-state index in [0.717, 1.165) is 19.3 Å². The van der Waals surface area contributed by atoms with Crippen LogP contribution < -0.4 is 10.6 Å². The molecule has 2 rings (SSSR count). The summed E-state index contributed by atoms with van der Waals surface area (Å²) in [5, 5.41) is 18.3. The van der Waals surface area contributed by atoms with Crippen LogP contribution >= 0.6 is 0 Å². The van der Waals surface area contributed by atoms with Crippen molar-refractivity contribution in [1.29, 1.82) is 0 Å². The van der Waals surface area contributed by atoms with E-state index in [1.54, 1.807) is 6.92 Å². The Kier molecular flexibility index (Phi) is 5.13. The van der Waals surface area contributed by atoms with Crippen molar-refractivity contribution in [3.8, 4) is 0 Å². The van der Waals surface area contributed by atoms with Crippen molar-refractivity contribution in [2.45, 2.75) is 51.6 Å². The second-order valence-corrected chi connectivity index (χ2v) is 5.25. The van der Waals surface area contributed by atoms with Crippen LogP contribution in [0.4, 0.5) is 4.79 Å². The van der Waals surface area contributed by atoms with Gasteiger partial charge in [0.2, 0.25) is 5.89 Å². The molecule has 8 heteroatoms. The molecular formula is C13H20N4O4. The summed E-state index contributed by atoms with van der Waals surface area (Å²) in [5.41, 5.74) is 0. The third-order valence-corrected chi connectivity index (χ3v) is 3.63. The van der Waals surface area contributed by atoms with Crippen LogP contribution in [-0.2, 0) is 11.3 Å². The van der Waals surface area contributed by atoms with Crippen LogP contribution in [0.2, 0.25) is 0 Å². The second kappa shape index (κ2) is 7.05. The minimum atomic E-state index is -0.851. The number of aryl methyl sites for hydroxylation is 1. The van der Waals surface area contributed by atoms with Crippen LogP contribution in [0.1, 0.15) is 43.8 Å². The molecule has 1 aliphatic carbocycles. The maximum Gasteiger partial charge on any atom is 0.315 e. The molecule has 1 aliphatic rings. The first-order valence-corrected chi connectivity index (χ1v) is 7.12. The molecule has 0 aromatic carbocycles. The number of carbonyl (C=O) groups is 2. The van der Waals surface area contributed by atoms with Gasteiger partial charge in [0.15, 0.2) is 5.82 Å². The molecule has 8 nitrogen and oxygen atoms in total. The highest BCUT2D eigenvalue weighted by Gasteiger charge is 2.30. The maximum absolute atomic E-state index is 11.9. The van der Waals surface area contributed by atoms with Gasteiger partial charge >= 0.3 is 12.0 Å². The number of amides is 2. The van der Waals surface area contributed by atoms with Crippen LogP contribution in [0.25, 0.3) is 0 Å². The molecule has 2 unspecified atom stereocenters. The molecule has 1 fully saturated rings. The topological polar surface area (TPSA) is 117 Å². The van der Waals surface area contributed by atoms with Gasteiger partial charge in [-0.05, 0) is 12.8 Å². The molecule has 0 radical (unpaired) electrons. The van der Waals surface area contributed by atoms with E-state index < -0.39 is 17.9 Å². The van der Waals surface area contributed by atoms with E-state index in [-0.39, 0.29) is 12.6 Å². The lowest BCUT2D eigenvalue weighted by Gasteiger charge is -2.22. The zero-order valence-electron chi connectivity index (χ0n) is 12.0. The third kappa shape index (κ3) is 4.44. The minimum absolute atomic E-state index is 0.146. The van der Waals surface area contributed by atoms with Gasteiger partial charge in [-0.3, -0.25) is 4.79 Å². The first-order chi connectivity index (χ1) is 10.1. The van der Waals surface area contributed by atoms with Gasteiger partial charge in [0.1, 0.15) is 0 Å². The molecule has 1 aromatic heterocycles. The number of hydrogen-bond acceptors (Lipinski definition) is 5. The van der Waals surface area contributed by atoms with Gasteiger partial charge in [0.25, 0.3) is 0 Å². The summed E-state index contributed by atoms with van der Waals surface area (Å²) in [6.07, 6.45) is 4.11. The molecule has 2 atom stereocenters. The summed E-state index contributed by atoms with van der Waals surface area (Å²) >= 11 is 0. The predicted molar refractivity (Wildman–Crippen MR) is 72.4 cm³/mol. The average molecular weight is 296 g/mol. The molecule has 1 saturated carbocycles. The van der Waals surface area contributed by atoms with Gasteiger partial charge in [0, 0.05) is 13.0 Å². The highest BCUT2D eigenvalue weighted by molar-refractivity contribution is 5.76. The fourth-order valence-corrected chi connectivity index (χ4v) is 2.57. The van der Waals surface area contributed by atoms with Gasteiger partial charge in [-0.2, -0.15) is 4.98 Å². The standard InChI is InChI=1S/C13H20N4O4/c1-8-15-11(17-21-8)7-14-13(20)16-10-6-4-2-3-5-9(10)12(18)19/h9-10H,2-7H2,1H3,(H,18,19)(H2,14,16,20). The third-order valence-electron chi connectivity index (χ3n) is 3.63. The molecule has 0 bridgehead atoms. The number of urea groups is 1. The lowest BCUT2D eigenvalue weighted by Crippen LogP contribution is -2.47. The number of nitrogens with one attached hydrogen (secondary N) is 2. The lowest BCUT2D eigenvalue weighted by molar-refractivity contribution is -0.142. The monoisotopic (exact) mass is 296 g/mol. The number of aromatic nitrogens is 2. The molecular weight excluding hydrogens is 276 g/mol. The smallest absolute Gasteiger partial charge is 0.315 e. The van der Waals surface area contributed by atoms with Gasteiger partial charge in [0.05, 0.1) is 12.5 Å². The number of carboxylic acid groups (broad SMARTS) is 1. The minimum Gasteiger partial charge on any atom is -0.481 e. The SMILES string of the molecule is Cc1nc(CNC(=O)NC2CCCCCC2C(=O)O)no1. The summed E-state index contributed by atoms with van der Waals surface area (Å²) in [6.45, 7) is 1.81. The first kappa shape index (κ1) is 15.3. The van der Waals surface area contributed by atoms with Crippen molar-refractivity contribution in [1.82, 2.24) is 20.8 Å². The Bertz CT molecular complexity index is 502. The normalized spacial score (nSPS) is 22.3. The van der Waals surface area contributed by atoms with Gasteiger partial charge < -0.3 is 20.3 Å². The Balaban J connectivity index is 1.85. The van der Waals surface area contributed by atoms with Crippen LogP contribution in [-0.4, -0.2) is 33.3 Å². The molecule has 21 heavy (non-hydrogen) atoms. The van der Waals surface area contributed by atoms with E-state index in [0.29, 0.717) is 24.6 Å². The van der Waals surface area contributed by atoms with Crippen molar-refractivity contribution in [2.24, 2.45) is 5.92 Å². The molecule has 0 spiro atoms. The number of carboxylic acids is 1. The van der Waals surface area contributed by atoms with E-state index in [1.165, 1.54) is 0 Å². The zero-order chi connectivity index (χ0) is 15.2. The number of aliphatic carboxylic acids is 1. The summed E-state index contributed by atoms with van der Waals surface area (Å²) in [4.78, 5) is 27.1. The second-order valence-electron chi connectivity index (χ2n) is 5.25. The van der Waals surface area contributed by atoms with Crippen molar-refractivity contribution < 1.29 is 19.2 Å². The Morgan fingerprint density at radius 1 is 1.33 bits per heavy atom. The summed E-state index contributed by atoms with van der Waals surface area (Å²) < 4.78 is 4.80. The summed E-state index contributed by atoms with van der Waals surface area (Å²) in [5.74, 6) is -0.554. The fraction of sp³-hybridized carbons (Fsp3) is 0.692. The largest absolute Gasteiger partial charge is 0.481 e. The van der Waals surface area contributed by atoms with Crippen LogP contribution in [0.3, 0.4) is 0 Å². The number of nitrogens with zero attached hydrogens (tertiary/aromatic N) is 2. The Labute approximate surface area is 122 Å². The predicted octanol–water partition coefficient (Wildman–Crippen LogP) is 1.21. The van der Waals surface area contributed by atoms with Gasteiger partial charge in [-0.1, -0.05) is 24.4 Å². The van der Waals surface area contributed by atoms with Gasteiger partial charge in [-0.15, -0.1) is 0 Å². The fourth-order valence-electron chi connectivity index (χ4n) is 2.57. The lowest BCUT2D eigenvalue weighted by atomic mass is 9.95. The maximum atomic E-state index is 11.9. The van der Waals surface area contributed by atoms with Crippen molar-refractivity contribution >= 4 is 12.0 Å². The van der Waals surface area contributed by atoms with Crippen molar-refractivity contribution in [3.63, 3.8) is 0 Å². The van der Waals surface area contributed by atoms with E-state index >= 15 is 0 Å². The summed E-state index contributed by atoms with van der Waals surface area (Å²) in [6, 6.07) is -0.743. The Morgan fingerprint density at radius 2 is 2.10 bits per heavy atom. The Morgan fingerprint density at radius 3 is 2.76 bits per heavy atom. The van der Waals surface area contributed by atoms with E-state index in [4.69, 9.17) is 4.52 Å². The van der Waals surface area contributed by atoms with Crippen molar-refractivity contribution in [3.05, 3.63) is 11.7 Å². The molecule has 0 saturated heterocycles. The summed E-state index contributed by atoms with van der Waals surface area (Å²) in [7, 11) is 0. The average Bonchev–Trinajstić information content (AvgIpc) is 2.70. The van der Waals surface area contributed by atoms with E-state index in [1.807, 2.05) is 0 Å². The molecule has 116 valence electrons. The van der Waals surface area contributed by atoms with Crippen LogP contribution in [0.5, 0.6) is 0 Å². The Hall–Kier alpha value is -2.12. The highest BCUT2D eigenvalue weighted by Crippen LogP contribution is 2.23. The number of carbonyl (C=O) groups excluding carboxylic acids is 1. The van der Waals surface area contributed by atoms with Crippen molar-refractivity contribution in [2.75, 3.05) is 0 Å². The van der Waals surface area contributed by atoms with Crippen LogP contribution in [0.15, 0.2) is 4.52 Å². The first-order valence-electron chi connectivity index (χ1n) is 7.12. The number of rotatable bonds is 4. The number of hydrogen-bond donors (Lipinski definition) is 3. The molecule has 2 amide bonds. The molecule has 3 N–H and O–H groups in total.